The summed E-state index contributed by atoms with van der Waals surface area (Å²) in [5.41, 5.74) is 1.58. The van der Waals surface area contributed by atoms with Crippen molar-refractivity contribution in [3.63, 3.8) is 0 Å². The van der Waals surface area contributed by atoms with Crippen molar-refractivity contribution in [2.75, 3.05) is 0 Å². The number of fused-ring (bicyclic) bond motifs is 1. The molecule has 0 radical (unpaired) electrons. The van der Waals surface area contributed by atoms with E-state index in [9.17, 15) is 13.9 Å². The normalized spacial score (nSPS) is 15.1. The topological polar surface area (TPSA) is 33.1 Å². The lowest BCUT2D eigenvalue weighted by Crippen LogP contribution is -2.08. The molecule has 1 heterocycles. The number of allylic oxidation sites excluding steroid dienone is 3. The zero-order valence-corrected chi connectivity index (χ0v) is 11.1. The van der Waals surface area contributed by atoms with E-state index in [1.807, 2.05) is 6.08 Å². The van der Waals surface area contributed by atoms with E-state index in [0.29, 0.717) is 17.6 Å². The van der Waals surface area contributed by atoms with Crippen molar-refractivity contribution in [2.24, 2.45) is 0 Å². The third-order valence-electron chi connectivity index (χ3n) is 3.49. The molecule has 4 heteroatoms. The molecule has 1 unspecified atom stereocenters. The Balaban J connectivity index is 2.12. The molecule has 1 N–H and O–H groups in total. The summed E-state index contributed by atoms with van der Waals surface area (Å²) in [7, 11) is 0. The quantitative estimate of drug-likeness (QED) is 0.914. The second kappa shape index (κ2) is 5.58. The van der Waals surface area contributed by atoms with Gasteiger partial charge in [0.1, 0.15) is 17.7 Å². The molecule has 0 fully saturated rings. The third-order valence-corrected chi connectivity index (χ3v) is 3.49. The van der Waals surface area contributed by atoms with E-state index in [2.05, 4.69) is 4.98 Å². The lowest BCUT2D eigenvalue weighted by molar-refractivity contribution is 0.226. The number of aromatic nitrogens is 1. The van der Waals surface area contributed by atoms with E-state index in [0.717, 1.165) is 17.8 Å². The summed E-state index contributed by atoms with van der Waals surface area (Å²) in [5, 5.41) is 10.5. The molecular weight excluding hydrogens is 272 g/mol. The van der Waals surface area contributed by atoms with Crippen LogP contribution in [0, 0.1) is 11.6 Å². The van der Waals surface area contributed by atoms with E-state index in [1.54, 1.807) is 30.5 Å². The van der Waals surface area contributed by atoms with Crippen molar-refractivity contribution < 1.29 is 13.9 Å². The van der Waals surface area contributed by atoms with Crippen molar-refractivity contribution >= 4 is 5.57 Å². The average molecular weight is 285 g/mol. The molecule has 0 bridgehead atoms. The third kappa shape index (κ3) is 2.50. The molecule has 0 saturated carbocycles. The predicted octanol–water partition coefficient (Wildman–Crippen LogP) is 3.59. The van der Waals surface area contributed by atoms with Crippen LogP contribution < -0.4 is 0 Å². The summed E-state index contributed by atoms with van der Waals surface area (Å²) in [4.78, 5) is 4.26. The van der Waals surface area contributed by atoms with Crippen LogP contribution in [0.25, 0.3) is 5.57 Å². The molecule has 0 spiro atoms. The zero-order chi connectivity index (χ0) is 14.8. The van der Waals surface area contributed by atoms with E-state index >= 15 is 0 Å². The summed E-state index contributed by atoms with van der Waals surface area (Å²) >= 11 is 0. The van der Waals surface area contributed by atoms with Gasteiger partial charge in [0.15, 0.2) is 0 Å². The number of rotatable bonds is 2. The van der Waals surface area contributed by atoms with Gasteiger partial charge in [0, 0.05) is 18.2 Å². The van der Waals surface area contributed by atoms with Gasteiger partial charge in [-0.25, -0.2) is 8.78 Å². The van der Waals surface area contributed by atoms with Crippen LogP contribution in [0.5, 0.6) is 0 Å². The van der Waals surface area contributed by atoms with Gasteiger partial charge in [0.25, 0.3) is 0 Å². The highest BCUT2D eigenvalue weighted by Crippen LogP contribution is 2.35. The summed E-state index contributed by atoms with van der Waals surface area (Å²) < 4.78 is 27.7. The van der Waals surface area contributed by atoms with Gasteiger partial charge in [-0.05, 0) is 23.8 Å². The first-order chi connectivity index (χ1) is 10.2. The molecule has 21 heavy (non-hydrogen) atoms. The number of aliphatic hydroxyl groups is 1. The number of pyridine rings is 1. The van der Waals surface area contributed by atoms with E-state index < -0.39 is 17.7 Å². The molecule has 1 aromatic carbocycles. The zero-order valence-electron chi connectivity index (χ0n) is 11.1. The molecule has 1 atom stereocenters. The van der Waals surface area contributed by atoms with Crippen molar-refractivity contribution in [3.8, 4) is 0 Å². The molecule has 0 saturated heterocycles. The van der Waals surface area contributed by atoms with Crippen molar-refractivity contribution in [1.29, 1.82) is 0 Å². The second-order valence-electron chi connectivity index (χ2n) is 4.79. The smallest absolute Gasteiger partial charge is 0.132 e. The fourth-order valence-corrected chi connectivity index (χ4v) is 2.47. The average Bonchev–Trinajstić information content (AvgIpc) is 2.69. The Morgan fingerprint density at radius 2 is 1.86 bits per heavy atom. The Labute approximate surface area is 121 Å². The number of hydrogen-bond acceptors (Lipinski definition) is 2. The standard InChI is InChI=1S/C17H13F2NO/c18-13-7-3-8-14(19)16(13)17(21)12-5-1-2-9-15-11(12)6-4-10-20-15/h1-8,10,17,21H,9H2. The SMILES string of the molecule is OC(C1=CC=CCc2ncccc21)c1c(F)cccc1F. The van der Waals surface area contributed by atoms with Gasteiger partial charge in [-0.1, -0.05) is 30.4 Å². The van der Waals surface area contributed by atoms with Crippen LogP contribution in [0.3, 0.4) is 0 Å². The van der Waals surface area contributed by atoms with Crippen molar-refractivity contribution in [3.05, 3.63) is 83.2 Å². The predicted molar refractivity (Wildman–Crippen MR) is 76.4 cm³/mol. The van der Waals surface area contributed by atoms with Gasteiger partial charge in [0.2, 0.25) is 0 Å². The Morgan fingerprint density at radius 3 is 2.62 bits per heavy atom. The minimum absolute atomic E-state index is 0.339. The Kier molecular flexibility index (Phi) is 3.62. The molecule has 0 aliphatic heterocycles. The Hall–Kier alpha value is -2.33. The summed E-state index contributed by atoms with van der Waals surface area (Å²) in [6.07, 6.45) is 6.22. The van der Waals surface area contributed by atoms with Crippen LogP contribution in [-0.4, -0.2) is 10.1 Å². The van der Waals surface area contributed by atoms with Crippen LogP contribution >= 0.6 is 0 Å². The molecule has 1 aliphatic rings. The van der Waals surface area contributed by atoms with Gasteiger partial charge in [0.05, 0.1) is 11.3 Å². The molecule has 2 nitrogen and oxygen atoms in total. The first-order valence-electron chi connectivity index (χ1n) is 6.61. The van der Waals surface area contributed by atoms with Gasteiger partial charge in [-0.15, -0.1) is 0 Å². The van der Waals surface area contributed by atoms with Crippen molar-refractivity contribution in [2.45, 2.75) is 12.5 Å². The highest BCUT2D eigenvalue weighted by atomic mass is 19.1. The highest BCUT2D eigenvalue weighted by molar-refractivity contribution is 5.74. The largest absolute Gasteiger partial charge is 0.383 e. The molecular formula is C17H13F2NO. The molecule has 106 valence electrons. The van der Waals surface area contributed by atoms with Crippen LogP contribution in [0.1, 0.15) is 22.9 Å². The molecule has 3 rings (SSSR count). The summed E-state index contributed by atoms with van der Waals surface area (Å²) in [6.45, 7) is 0. The van der Waals surface area contributed by atoms with Crippen LogP contribution in [-0.2, 0) is 6.42 Å². The first-order valence-corrected chi connectivity index (χ1v) is 6.61. The maximum absolute atomic E-state index is 13.9. The van der Waals surface area contributed by atoms with E-state index in [4.69, 9.17) is 0 Å². The highest BCUT2D eigenvalue weighted by Gasteiger charge is 2.24. The van der Waals surface area contributed by atoms with Gasteiger partial charge >= 0.3 is 0 Å². The van der Waals surface area contributed by atoms with Crippen LogP contribution in [0.4, 0.5) is 8.78 Å². The van der Waals surface area contributed by atoms with Crippen LogP contribution in [0.15, 0.2) is 54.8 Å². The maximum atomic E-state index is 13.9. The van der Waals surface area contributed by atoms with E-state index in [-0.39, 0.29) is 5.56 Å². The van der Waals surface area contributed by atoms with Gasteiger partial charge in [-0.3, -0.25) is 4.98 Å². The number of hydrogen-bond donors (Lipinski definition) is 1. The summed E-state index contributed by atoms with van der Waals surface area (Å²) in [6, 6.07) is 7.08. The number of nitrogens with zero attached hydrogens (tertiary/aromatic N) is 1. The Bertz CT molecular complexity index is 717. The summed E-state index contributed by atoms with van der Waals surface area (Å²) in [5.74, 6) is -1.52. The minimum Gasteiger partial charge on any atom is -0.383 e. The Morgan fingerprint density at radius 1 is 1.10 bits per heavy atom. The maximum Gasteiger partial charge on any atom is 0.132 e. The monoisotopic (exact) mass is 285 g/mol. The minimum atomic E-state index is -1.38. The van der Waals surface area contributed by atoms with Crippen LogP contribution in [0.2, 0.25) is 0 Å². The van der Waals surface area contributed by atoms with Gasteiger partial charge in [-0.2, -0.15) is 0 Å². The molecule has 2 aromatic rings. The fraction of sp³-hybridized carbons (Fsp3) is 0.118. The number of benzene rings is 1. The second-order valence-corrected chi connectivity index (χ2v) is 4.79. The molecule has 0 amide bonds. The first kappa shape index (κ1) is 13.6. The number of halogens is 2. The molecule has 1 aromatic heterocycles. The number of aliphatic hydroxyl groups excluding tert-OH is 1. The fourth-order valence-electron chi connectivity index (χ4n) is 2.47. The van der Waals surface area contributed by atoms with Gasteiger partial charge < -0.3 is 5.11 Å². The van der Waals surface area contributed by atoms with Crippen molar-refractivity contribution in [1.82, 2.24) is 4.98 Å². The lowest BCUT2D eigenvalue weighted by Gasteiger charge is -2.18. The lowest BCUT2D eigenvalue weighted by atomic mass is 9.93. The van der Waals surface area contributed by atoms with E-state index in [1.165, 1.54) is 6.07 Å². The molecule has 1 aliphatic carbocycles.